The first-order chi connectivity index (χ1) is 5.77. The van der Waals surface area contributed by atoms with Gasteiger partial charge in [-0.1, -0.05) is 13.8 Å². The average Bonchev–Trinajstić information content (AvgIpc) is 2.09. The summed E-state index contributed by atoms with van der Waals surface area (Å²) in [5.74, 6) is 0. The number of rotatable bonds is 2. The maximum absolute atomic E-state index is 9.73. The van der Waals surface area contributed by atoms with Gasteiger partial charge in [-0.25, -0.2) is 0 Å². The normalized spacial score (nSPS) is 21.0. The van der Waals surface area contributed by atoms with Crippen LogP contribution in [0.15, 0.2) is 0 Å². The molecule has 0 atom stereocenters. The van der Waals surface area contributed by atoms with Gasteiger partial charge in [-0.15, -0.1) is 0 Å². The lowest BCUT2D eigenvalue weighted by Gasteiger charge is -2.31. The molecule has 1 saturated heterocycles. The Morgan fingerprint density at radius 1 is 1.33 bits per heavy atom. The SMILES string of the molecule is CC.CNCC1(O)CCOCC1. The van der Waals surface area contributed by atoms with Crippen LogP contribution in [-0.2, 0) is 4.74 Å². The third kappa shape index (κ3) is 4.04. The van der Waals surface area contributed by atoms with Crippen LogP contribution in [0.1, 0.15) is 26.7 Å². The molecule has 1 rings (SSSR count). The van der Waals surface area contributed by atoms with E-state index in [-0.39, 0.29) is 0 Å². The summed E-state index contributed by atoms with van der Waals surface area (Å²) >= 11 is 0. The van der Waals surface area contributed by atoms with E-state index < -0.39 is 5.60 Å². The highest BCUT2D eigenvalue weighted by Gasteiger charge is 2.28. The lowest BCUT2D eigenvalue weighted by molar-refractivity contribution is -0.0606. The molecule has 0 saturated carbocycles. The molecule has 0 aromatic carbocycles. The van der Waals surface area contributed by atoms with E-state index in [0.29, 0.717) is 19.8 Å². The van der Waals surface area contributed by atoms with Crippen LogP contribution in [0.25, 0.3) is 0 Å². The fraction of sp³-hybridized carbons (Fsp3) is 1.00. The largest absolute Gasteiger partial charge is 0.388 e. The van der Waals surface area contributed by atoms with Crippen molar-refractivity contribution in [1.82, 2.24) is 5.32 Å². The maximum atomic E-state index is 9.73. The summed E-state index contributed by atoms with van der Waals surface area (Å²) in [6, 6.07) is 0. The van der Waals surface area contributed by atoms with E-state index in [9.17, 15) is 5.11 Å². The summed E-state index contributed by atoms with van der Waals surface area (Å²) in [6.45, 7) is 6.06. The number of hydrogen-bond acceptors (Lipinski definition) is 3. The lowest BCUT2D eigenvalue weighted by atomic mass is 9.95. The van der Waals surface area contributed by atoms with E-state index in [4.69, 9.17) is 4.74 Å². The zero-order valence-corrected chi connectivity index (χ0v) is 8.39. The molecule has 1 aliphatic rings. The average molecular weight is 175 g/mol. The molecule has 3 heteroatoms. The second-order valence-corrected chi connectivity index (χ2v) is 2.87. The summed E-state index contributed by atoms with van der Waals surface area (Å²) in [6.07, 6.45) is 1.52. The Kier molecular flexibility index (Phi) is 6.34. The van der Waals surface area contributed by atoms with Crippen LogP contribution in [-0.4, -0.2) is 37.5 Å². The van der Waals surface area contributed by atoms with E-state index in [0.717, 1.165) is 12.8 Å². The molecule has 0 aromatic heterocycles. The van der Waals surface area contributed by atoms with Gasteiger partial charge in [0.05, 0.1) is 5.60 Å². The molecule has 0 bridgehead atoms. The Labute approximate surface area is 75.1 Å². The molecular formula is C9H21NO2. The van der Waals surface area contributed by atoms with E-state index in [2.05, 4.69) is 5.32 Å². The van der Waals surface area contributed by atoms with Crippen LogP contribution in [0.5, 0.6) is 0 Å². The van der Waals surface area contributed by atoms with Gasteiger partial charge in [0.15, 0.2) is 0 Å². The molecule has 0 amide bonds. The summed E-state index contributed by atoms with van der Waals surface area (Å²) in [5.41, 5.74) is -0.507. The van der Waals surface area contributed by atoms with Crippen molar-refractivity contribution < 1.29 is 9.84 Å². The van der Waals surface area contributed by atoms with Gasteiger partial charge in [0.1, 0.15) is 0 Å². The molecule has 1 heterocycles. The molecule has 2 N–H and O–H groups in total. The predicted molar refractivity (Wildman–Crippen MR) is 50.3 cm³/mol. The van der Waals surface area contributed by atoms with Crippen molar-refractivity contribution in [2.24, 2.45) is 0 Å². The van der Waals surface area contributed by atoms with Crippen molar-refractivity contribution in [2.45, 2.75) is 32.3 Å². The highest BCUT2D eigenvalue weighted by atomic mass is 16.5. The van der Waals surface area contributed by atoms with E-state index >= 15 is 0 Å². The van der Waals surface area contributed by atoms with Crippen molar-refractivity contribution in [3.8, 4) is 0 Å². The van der Waals surface area contributed by atoms with Crippen molar-refractivity contribution in [1.29, 1.82) is 0 Å². The van der Waals surface area contributed by atoms with E-state index in [1.54, 1.807) is 0 Å². The Balaban J connectivity index is 0.000000561. The van der Waals surface area contributed by atoms with Gasteiger partial charge in [-0.2, -0.15) is 0 Å². The molecular weight excluding hydrogens is 154 g/mol. The lowest BCUT2D eigenvalue weighted by Crippen LogP contribution is -2.43. The monoisotopic (exact) mass is 175 g/mol. The molecule has 1 fully saturated rings. The van der Waals surface area contributed by atoms with Gasteiger partial charge in [0.25, 0.3) is 0 Å². The fourth-order valence-electron chi connectivity index (χ4n) is 1.26. The smallest absolute Gasteiger partial charge is 0.0815 e. The predicted octanol–water partition coefficient (Wildman–Crippen LogP) is 0.773. The van der Waals surface area contributed by atoms with Crippen molar-refractivity contribution in [2.75, 3.05) is 26.8 Å². The summed E-state index contributed by atoms with van der Waals surface area (Å²) < 4.78 is 5.12. The Bertz CT molecular complexity index is 95.2. The van der Waals surface area contributed by atoms with Gasteiger partial charge in [-0.3, -0.25) is 0 Å². The minimum Gasteiger partial charge on any atom is -0.388 e. The number of likely N-dealkylation sites (N-methyl/N-ethyl adjacent to an activating group) is 1. The van der Waals surface area contributed by atoms with Crippen LogP contribution in [0.3, 0.4) is 0 Å². The molecule has 74 valence electrons. The third-order valence-electron chi connectivity index (χ3n) is 1.93. The standard InChI is InChI=1S/C7H15NO2.C2H6/c1-8-6-7(9)2-4-10-5-3-7;1-2/h8-9H,2-6H2,1H3;1-2H3. The molecule has 0 aliphatic carbocycles. The van der Waals surface area contributed by atoms with Crippen LogP contribution < -0.4 is 5.32 Å². The van der Waals surface area contributed by atoms with E-state index in [1.807, 2.05) is 20.9 Å². The minimum absolute atomic E-state index is 0.507. The zero-order valence-electron chi connectivity index (χ0n) is 8.39. The first-order valence-corrected chi connectivity index (χ1v) is 4.72. The van der Waals surface area contributed by atoms with E-state index in [1.165, 1.54) is 0 Å². The van der Waals surface area contributed by atoms with Crippen molar-refractivity contribution in [3.63, 3.8) is 0 Å². The quantitative estimate of drug-likeness (QED) is 0.651. The summed E-state index contributed by atoms with van der Waals surface area (Å²) in [4.78, 5) is 0. The Morgan fingerprint density at radius 2 is 1.83 bits per heavy atom. The number of hydrogen-bond donors (Lipinski definition) is 2. The first kappa shape index (κ1) is 11.9. The molecule has 12 heavy (non-hydrogen) atoms. The Morgan fingerprint density at radius 3 is 2.25 bits per heavy atom. The highest BCUT2D eigenvalue weighted by molar-refractivity contribution is 4.82. The molecule has 0 aromatic rings. The van der Waals surface area contributed by atoms with Crippen LogP contribution in [0.2, 0.25) is 0 Å². The van der Waals surface area contributed by atoms with Gasteiger partial charge >= 0.3 is 0 Å². The van der Waals surface area contributed by atoms with Gasteiger partial charge in [0.2, 0.25) is 0 Å². The maximum Gasteiger partial charge on any atom is 0.0815 e. The first-order valence-electron chi connectivity index (χ1n) is 4.72. The van der Waals surface area contributed by atoms with Gasteiger partial charge in [-0.05, 0) is 7.05 Å². The third-order valence-corrected chi connectivity index (χ3v) is 1.93. The molecule has 3 nitrogen and oxygen atoms in total. The van der Waals surface area contributed by atoms with Crippen molar-refractivity contribution in [3.05, 3.63) is 0 Å². The minimum atomic E-state index is -0.507. The molecule has 0 spiro atoms. The fourth-order valence-corrected chi connectivity index (χ4v) is 1.26. The molecule has 0 radical (unpaired) electrons. The van der Waals surface area contributed by atoms with Crippen LogP contribution in [0.4, 0.5) is 0 Å². The molecule has 1 aliphatic heterocycles. The summed E-state index contributed by atoms with van der Waals surface area (Å²) in [7, 11) is 1.85. The number of nitrogens with one attached hydrogen (secondary N) is 1. The van der Waals surface area contributed by atoms with Crippen LogP contribution in [0, 0.1) is 0 Å². The summed E-state index contributed by atoms with van der Waals surface area (Å²) in [5, 5.41) is 12.7. The highest BCUT2D eigenvalue weighted by Crippen LogP contribution is 2.18. The number of aliphatic hydroxyl groups is 1. The van der Waals surface area contributed by atoms with Crippen LogP contribution >= 0.6 is 0 Å². The second-order valence-electron chi connectivity index (χ2n) is 2.87. The topological polar surface area (TPSA) is 41.5 Å². The molecule has 0 unspecified atom stereocenters. The van der Waals surface area contributed by atoms with Gasteiger partial charge in [0, 0.05) is 32.6 Å². The zero-order chi connectivity index (χ0) is 9.45. The van der Waals surface area contributed by atoms with Gasteiger partial charge < -0.3 is 15.2 Å². The van der Waals surface area contributed by atoms with Crippen molar-refractivity contribution >= 4 is 0 Å². The Hall–Kier alpha value is -0.120. The number of ether oxygens (including phenoxy) is 1. The second kappa shape index (κ2) is 6.40.